The molecule has 230 valence electrons. The first-order valence-electron chi connectivity index (χ1n) is 16.6. The highest BCUT2D eigenvalue weighted by atomic mass is 28.4. The van der Waals surface area contributed by atoms with Crippen molar-refractivity contribution in [3.63, 3.8) is 0 Å². The van der Waals surface area contributed by atoms with Crippen LogP contribution >= 0.6 is 0 Å². The van der Waals surface area contributed by atoms with E-state index in [-0.39, 0.29) is 11.6 Å². The summed E-state index contributed by atoms with van der Waals surface area (Å²) in [6.45, 7) is 10.4. The van der Waals surface area contributed by atoms with Gasteiger partial charge in [0.2, 0.25) is 0 Å². The quantitative estimate of drug-likeness (QED) is 0.0810. The molecule has 0 aliphatic carbocycles. The molecular formula is C37H60O3Si. The smallest absolute Gasteiger partial charge is 0.261 e. The zero-order valence-electron chi connectivity index (χ0n) is 26.8. The van der Waals surface area contributed by atoms with Crippen molar-refractivity contribution in [2.24, 2.45) is 0 Å². The summed E-state index contributed by atoms with van der Waals surface area (Å²) in [6.07, 6.45) is 22.4. The molecular weight excluding hydrogens is 520 g/mol. The Bertz CT molecular complexity index is 867. The molecule has 4 heteroatoms. The highest BCUT2D eigenvalue weighted by Crippen LogP contribution is 2.36. The number of hydrogen-bond acceptors (Lipinski definition) is 3. The normalized spacial score (nSPS) is 13.2. The molecule has 2 aromatic carbocycles. The van der Waals surface area contributed by atoms with Crippen molar-refractivity contribution < 1.29 is 14.3 Å². The maximum absolute atomic E-state index is 10.8. The summed E-state index contributed by atoms with van der Waals surface area (Å²) in [6, 6.07) is 21.2. The Morgan fingerprint density at radius 1 is 0.659 bits per heavy atom. The summed E-state index contributed by atoms with van der Waals surface area (Å²) in [4.78, 5) is 0. The van der Waals surface area contributed by atoms with Crippen LogP contribution in [0.2, 0.25) is 5.04 Å². The van der Waals surface area contributed by atoms with Gasteiger partial charge in [-0.2, -0.15) is 0 Å². The lowest BCUT2D eigenvalue weighted by Gasteiger charge is -2.43. The van der Waals surface area contributed by atoms with E-state index in [9.17, 15) is 5.11 Å². The van der Waals surface area contributed by atoms with Gasteiger partial charge in [0.25, 0.3) is 8.32 Å². The van der Waals surface area contributed by atoms with E-state index in [0.29, 0.717) is 13.2 Å². The first-order valence-corrected chi connectivity index (χ1v) is 18.5. The number of aliphatic hydroxyl groups is 1. The van der Waals surface area contributed by atoms with Crippen LogP contribution in [0.4, 0.5) is 0 Å². The maximum Gasteiger partial charge on any atom is 0.261 e. The molecule has 0 spiro atoms. The number of allylic oxidation sites excluding steroid dienone is 2. The lowest BCUT2D eigenvalue weighted by atomic mass is 10.1. The molecule has 1 atom stereocenters. The lowest BCUT2D eigenvalue weighted by molar-refractivity contribution is 0.00890. The molecule has 0 heterocycles. The van der Waals surface area contributed by atoms with Crippen molar-refractivity contribution >= 4 is 18.7 Å². The Morgan fingerprint density at radius 3 is 1.61 bits per heavy atom. The SMILES string of the molecule is CCCCCCCC/C=C\CCCCCCCCOC[C@@H](O)CO[Si](c1ccccc1)(c1ccccc1)C(C)(C)C. The predicted octanol–water partition coefficient (Wildman–Crippen LogP) is 8.98. The fourth-order valence-electron chi connectivity index (χ4n) is 5.70. The Morgan fingerprint density at radius 2 is 1.12 bits per heavy atom. The maximum atomic E-state index is 10.8. The molecule has 0 aromatic heterocycles. The summed E-state index contributed by atoms with van der Waals surface area (Å²) >= 11 is 0. The summed E-state index contributed by atoms with van der Waals surface area (Å²) in [7, 11) is -2.63. The van der Waals surface area contributed by atoms with E-state index >= 15 is 0 Å². The van der Waals surface area contributed by atoms with Crippen LogP contribution in [0.25, 0.3) is 0 Å². The summed E-state index contributed by atoms with van der Waals surface area (Å²) in [5.74, 6) is 0. The first-order chi connectivity index (χ1) is 19.9. The highest BCUT2D eigenvalue weighted by Gasteiger charge is 2.50. The van der Waals surface area contributed by atoms with Gasteiger partial charge in [-0.3, -0.25) is 0 Å². The largest absolute Gasteiger partial charge is 0.405 e. The van der Waals surface area contributed by atoms with E-state index in [2.05, 4.69) is 101 Å². The zero-order chi connectivity index (χ0) is 29.7. The minimum atomic E-state index is -2.63. The third kappa shape index (κ3) is 13.4. The molecule has 2 aromatic rings. The first kappa shape index (κ1) is 35.5. The van der Waals surface area contributed by atoms with Gasteiger partial charge in [0.05, 0.1) is 19.3 Å². The van der Waals surface area contributed by atoms with E-state index in [0.717, 1.165) is 6.42 Å². The number of aliphatic hydroxyl groups excluding tert-OH is 1. The molecule has 0 saturated carbocycles. The fraction of sp³-hybridized carbons (Fsp3) is 0.622. The molecule has 0 unspecified atom stereocenters. The predicted molar refractivity (Wildman–Crippen MR) is 180 cm³/mol. The minimum absolute atomic E-state index is 0.0971. The Hall–Kier alpha value is -1.72. The standard InChI is InChI=1S/C37H60O3Si/c1-5-6-7-8-9-10-11-12-13-14-15-16-17-18-19-26-31-39-32-34(38)33-40-41(37(2,3)4,35-27-22-20-23-28-35)36-29-24-21-25-30-36/h12-13,20-25,27-30,34,38H,5-11,14-19,26,31-33H2,1-4H3/b13-12-/t34-/m1/s1. The number of benzene rings is 2. The molecule has 0 radical (unpaired) electrons. The van der Waals surface area contributed by atoms with Gasteiger partial charge in [-0.1, -0.05) is 158 Å². The lowest BCUT2D eigenvalue weighted by Crippen LogP contribution is -2.67. The van der Waals surface area contributed by atoms with Crippen molar-refractivity contribution in [2.75, 3.05) is 19.8 Å². The van der Waals surface area contributed by atoms with Gasteiger partial charge in [0.15, 0.2) is 0 Å². The van der Waals surface area contributed by atoms with Crippen molar-refractivity contribution in [3.8, 4) is 0 Å². The van der Waals surface area contributed by atoms with Crippen LogP contribution in [0, 0.1) is 0 Å². The number of ether oxygens (including phenoxy) is 1. The number of unbranched alkanes of at least 4 members (excludes halogenated alkanes) is 12. The van der Waals surface area contributed by atoms with Crippen LogP contribution < -0.4 is 10.4 Å². The molecule has 2 rings (SSSR count). The van der Waals surface area contributed by atoms with E-state index in [1.165, 1.54) is 93.8 Å². The average Bonchev–Trinajstić information content (AvgIpc) is 2.97. The third-order valence-electron chi connectivity index (χ3n) is 8.02. The Balaban J connectivity index is 1.60. The second-order valence-electron chi connectivity index (χ2n) is 12.6. The second-order valence-corrected chi connectivity index (χ2v) is 16.9. The van der Waals surface area contributed by atoms with Gasteiger partial charge >= 0.3 is 0 Å². The van der Waals surface area contributed by atoms with Gasteiger partial charge in [-0.15, -0.1) is 0 Å². The molecule has 41 heavy (non-hydrogen) atoms. The van der Waals surface area contributed by atoms with Gasteiger partial charge in [-0.05, 0) is 47.5 Å². The molecule has 0 saturated heterocycles. The summed E-state index contributed by atoms with van der Waals surface area (Å²) in [5.41, 5.74) is 0. The van der Waals surface area contributed by atoms with Crippen LogP contribution in [0.5, 0.6) is 0 Å². The molecule has 1 N–H and O–H groups in total. The van der Waals surface area contributed by atoms with Crippen LogP contribution in [0.3, 0.4) is 0 Å². The molecule has 0 fully saturated rings. The molecule has 0 bridgehead atoms. The molecule has 3 nitrogen and oxygen atoms in total. The van der Waals surface area contributed by atoms with Crippen molar-refractivity contribution in [1.82, 2.24) is 0 Å². The monoisotopic (exact) mass is 580 g/mol. The van der Waals surface area contributed by atoms with Crippen LogP contribution in [0.15, 0.2) is 72.8 Å². The Kier molecular flexibility index (Phi) is 18.2. The minimum Gasteiger partial charge on any atom is -0.405 e. The van der Waals surface area contributed by atoms with Crippen molar-refractivity contribution in [2.45, 2.75) is 129 Å². The van der Waals surface area contributed by atoms with Crippen LogP contribution in [-0.4, -0.2) is 39.3 Å². The van der Waals surface area contributed by atoms with Gasteiger partial charge in [0.1, 0.15) is 0 Å². The second kappa shape index (κ2) is 21.0. The van der Waals surface area contributed by atoms with Crippen LogP contribution in [-0.2, 0) is 9.16 Å². The number of hydrogen-bond donors (Lipinski definition) is 1. The fourth-order valence-corrected chi connectivity index (χ4v) is 10.3. The van der Waals surface area contributed by atoms with Gasteiger partial charge in [-0.25, -0.2) is 0 Å². The number of rotatable bonds is 23. The van der Waals surface area contributed by atoms with Gasteiger partial charge < -0.3 is 14.3 Å². The van der Waals surface area contributed by atoms with Gasteiger partial charge in [0, 0.05) is 6.61 Å². The van der Waals surface area contributed by atoms with E-state index < -0.39 is 14.4 Å². The molecule has 0 aliphatic heterocycles. The van der Waals surface area contributed by atoms with Crippen molar-refractivity contribution in [1.29, 1.82) is 0 Å². The summed E-state index contributed by atoms with van der Waals surface area (Å²) in [5, 5.41) is 13.1. The highest BCUT2D eigenvalue weighted by molar-refractivity contribution is 6.99. The summed E-state index contributed by atoms with van der Waals surface area (Å²) < 4.78 is 12.7. The van der Waals surface area contributed by atoms with E-state index in [1.54, 1.807) is 0 Å². The zero-order valence-corrected chi connectivity index (χ0v) is 27.8. The third-order valence-corrected chi connectivity index (χ3v) is 13.0. The van der Waals surface area contributed by atoms with E-state index in [4.69, 9.17) is 9.16 Å². The van der Waals surface area contributed by atoms with E-state index in [1.807, 2.05) is 0 Å². The topological polar surface area (TPSA) is 38.7 Å². The molecule has 0 amide bonds. The average molecular weight is 581 g/mol. The van der Waals surface area contributed by atoms with Crippen LogP contribution in [0.1, 0.15) is 118 Å². The molecule has 0 aliphatic rings. The Labute approximate surface area is 253 Å². The van der Waals surface area contributed by atoms with Crippen molar-refractivity contribution in [3.05, 3.63) is 72.8 Å².